The summed E-state index contributed by atoms with van der Waals surface area (Å²) in [6.45, 7) is 1.85. The van der Waals surface area contributed by atoms with Crippen LogP contribution in [0.3, 0.4) is 0 Å². The van der Waals surface area contributed by atoms with E-state index in [1.54, 1.807) is 6.07 Å². The van der Waals surface area contributed by atoms with Crippen molar-refractivity contribution >= 4 is 26.7 Å². The maximum Gasteiger partial charge on any atom is 0.261 e. The van der Waals surface area contributed by atoms with E-state index in [2.05, 4.69) is 19.7 Å². The van der Waals surface area contributed by atoms with Crippen LogP contribution in [0.4, 0.5) is 14.5 Å². The summed E-state index contributed by atoms with van der Waals surface area (Å²) in [5.74, 6) is -1.23. The Bertz CT molecular complexity index is 1290. The van der Waals surface area contributed by atoms with Crippen LogP contribution in [0.5, 0.6) is 0 Å². The molecule has 4 rings (SSSR count). The molecule has 142 valence electrons. The highest BCUT2D eigenvalue weighted by Gasteiger charge is 2.19. The van der Waals surface area contributed by atoms with E-state index in [-0.39, 0.29) is 16.1 Å². The van der Waals surface area contributed by atoms with Crippen molar-refractivity contribution < 1.29 is 17.2 Å². The van der Waals surface area contributed by atoms with Gasteiger partial charge in [0.15, 0.2) is 0 Å². The highest BCUT2D eigenvalue weighted by Crippen LogP contribution is 2.29. The molecular formula is C19H14F2N4O2S. The molecule has 6 nitrogen and oxygen atoms in total. The van der Waals surface area contributed by atoms with E-state index in [9.17, 15) is 17.2 Å². The van der Waals surface area contributed by atoms with E-state index < -0.39 is 21.7 Å². The zero-order valence-corrected chi connectivity index (χ0v) is 15.4. The summed E-state index contributed by atoms with van der Waals surface area (Å²) >= 11 is 0. The Morgan fingerprint density at radius 3 is 2.46 bits per heavy atom. The van der Waals surface area contributed by atoms with Crippen molar-refractivity contribution in [3.05, 3.63) is 72.2 Å². The van der Waals surface area contributed by atoms with E-state index >= 15 is 0 Å². The van der Waals surface area contributed by atoms with Gasteiger partial charge in [0.05, 0.1) is 10.6 Å². The van der Waals surface area contributed by atoms with Gasteiger partial charge >= 0.3 is 0 Å². The second-order valence-electron chi connectivity index (χ2n) is 6.19. The number of nitrogens with zero attached hydrogens (tertiary/aromatic N) is 2. The molecule has 0 aliphatic carbocycles. The van der Waals surface area contributed by atoms with E-state index in [0.717, 1.165) is 23.9 Å². The number of halogens is 2. The average molecular weight is 400 g/mol. The van der Waals surface area contributed by atoms with Crippen LogP contribution in [0.2, 0.25) is 0 Å². The smallest absolute Gasteiger partial charge is 0.261 e. The number of rotatable bonds is 4. The van der Waals surface area contributed by atoms with Crippen molar-refractivity contribution in [1.29, 1.82) is 0 Å². The van der Waals surface area contributed by atoms with Crippen molar-refractivity contribution in [2.75, 3.05) is 4.72 Å². The van der Waals surface area contributed by atoms with Gasteiger partial charge in [0, 0.05) is 22.3 Å². The molecule has 0 saturated carbocycles. The van der Waals surface area contributed by atoms with Gasteiger partial charge in [-0.25, -0.2) is 27.2 Å². The first kappa shape index (κ1) is 18.1. The Balaban J connectivity index is 1.72. The molecule has 0 bridgehead atoms. The molecular weight excluding hydrogens is 386 g/mol. The molecule has 4 aromatic rings. The lowest BCUT2D eigenvalue weighted by molar-refractivity contribution is 0.596. The van der Waals surface area contributed by atoms with Gasteiger partial charge in [-0.15, -0.1) is 0 Å². The molecule has 9 heteroatoms. The minimum Gasteiger partial charge on any atom is -0.343 e. The quantitative estimate of drug-likeness (QED) is 0.542. The number of sulfonamides is 1. The number of H-pyrrole nitrogens is 1. The van der Waals surface area contributed by atoms with Gasteiger partial charge in [-0.3, -0.25) is 4.72 Å². The zero-order valence-electron chi connectivity index (χ0n) is 14.6. The molecule has 0 radical (unpaired) electrons. The SMILES string of the molecule is Cc1cc2c(-c3ccc(S(=O)(=O)Nc4ccc(F)cc4)cc3F)ncnc2[nH]1. The summed E-state index contributed by atoms with van der Waals surface area (Å²) < 4.78 is 55.0. The van der Waals surface area contributed by atoms with Crippen LogP contribution >= 0.6 is 0 Å². The van der Waals surface area contributed by atoms with Crippen LogP contribution in [0.1, 0.15) is 5.69 Å². The van der Waals surface area contributed by atoms with Gasteiger partial charge in [0.1, 0.15) is 23.6 Å². The molecule has 28 heavy (non-hydrogen) atoms. The van der Waals surface area contributed by atoms with Gasteiger partial charge in [-0.05, 0) is 55.5 Å². The highest BCUT2D eigenvalue weighted by atomic mass is 32.2. The lowest BCUT2D eigenvalue weighted by Crippen LogP contribution is -2.13. The van der Waals surface area contributed by atoms with Crippen molar-refractivity contribution in [2.24, 2.45) is 0 Å². The Morgan fingerprint density at radius 2 is 1.75 bits per heavy atom. The number of benzene rings is 2. The Hall–Kier alpha value is -3.33. The van der Waals surface area contributed by atoms with E-state index in [1.807, 2.05) is 6.92 Å². The predicted molar refractivity (Wildman–Crippen MR) is 101 cm³/mol. The van der Waals surface area contributed by atoms with E-state index in [1.165, 1.54) is 30.6 Å². The van der Waals surface area contributed by atoms with Gasteiger partial charge in [-0.1, -0.05) is 0 Å². The van der Waals surface area contributed by atoms with Crippen LogP contribution in [0.15, 0.2) is 59.8 Å². The Labute approximate surface area is 159 Å². The molecule has 2 N–H and O–H groups in total. The lowest BCUT2D eigenvalue weighted by Gasteiger charge is -2.10. The van der Waals surface area contributed by atoms with Gasteiger partial charge in [0.2, 0.25) is 0 Å². The molecule has 2 heterocycles. The van der Waals surface area contributed by atoms with Crippen molar-refractivity contribution in [3.63, 3.8) is 0 Å². The van der Waals surface area contributed by atoms with E-state index in [4.69, 9.17) is 0 Å². The summed E-state index contributed by atoms with van der Waals surface area (Å²) in [4.78, 5) is 11.0. The molecule has 2 aromatic carbocycles. The molecule has 0 unspecified atom stereocenters. The average Bonchev–Trinajstić information content (AvgIpc) is 3.04. The predicted octanol–water partition coefficient (Wildman–Crippen LogP) is 4.01. The first-order chi connectivity index (χ1) is 13.3. The fourth-order valence-corrected chi connectivity index (χ4v) is 3.94. The lowest BCUT2D eigenvalue weighted by atomic mass is 10.1. The normalized spacial score (nSPS) is 11.7. The number of aromatic amines is 1. The van der Waals surface area contributed by atoms with Crippen molar-refractivity contribution in [3.8, 4) is 11.3 Å². The number of aryl methyl sites for hydroxylation is 1. The monoisotopic (exact) mass is 400 g/mol. The van der Waals surface area contributed by atoms with Crippen LogP contribution in [0.25, 0.3) is 22.3 Å². The molecule has 0 spiro atoms. The summed E-state index contributed by atoms with van der Waals surface area (Å²) in [6, 6.07) is 10.2. The zero-order chi connectivity index (χ0) is 19.9. The summed E-state index contributed by atoms with van der Waals surface area (Å²) in [5.41, 5.74) is 2.11. The van der Waals surface area contributed by atoms with E-state index in [0.29, 0.717) is 16.7 Å². The fourth-order valence-electron chi connectivity index (χ4n) is 2.87. The topological polar surface area (TPSA) is 87.7 Å². The van der Waals surface area contributed by atoms with Crippen LogP contribution < -0.4 is 4.72 Å². The van der Waals surface area contributed by atoms with Gasteiger partial charge in [-0.2, -0.15) is 0 Å². The third-order valence-electron chi connectivity index (χ3n) is 4.16. The number of hydrogen-bond acceptors (Lipinski definition) is 4. The summed E-state index contributed by atoms with van der Waals surface area (Å²) in [7, 11) is -4.04. The Kier molecular flexibility index (Phi) is 4.31. The third kappa shape index (κ3) is 3.31. The minimum atomic E-state index is -4.04. The summed E-state index contributed by atoms with van der Waals surface area (Å²) in [6.07, 6.45) is 1.31. The highest BCUT2D eigenvalue weighted by molar-refractivity contribution is 7.92. The molecule has 0 atom stereocenters. The van der Waals surface area contributed by atoms with Crippen LogP contribution in [-0.2, 0) is 10.0 Å². The molecule has 0 amide bonds. The molecule has 0 saturated heterocycles. The standard InChI is InChI=1S/C19H14F2N4O2S/c1-11-8-16-18(22-10-23-19(16)24-11)15-7-6-14(9-17(15)21)28(26,27)25-13-4-2-12(20)3-5-13/h2-10,25H,1H3,(H,22,23,24). The number of nitrogens with one attached hydrogen (secondary N) is 2. The maximum absolute atomic E-state index is 14.8. The number of aromatic nitrogens is 3. The molecule has 0 aliphatic rings. The second kappa shape index (κ2) is 6.68. The first-order valence-electron chi connectivity index (χ1n) is 8.22. The molecule has 0 fully saturated rings. The first-order valence-corrected chi connectivity index (χ1v) is 9.70. The summed E-state index contributed by atoms with van der Waals surface area (Å²) in [5, 5.41) is 0.638. The van der Waals surface area contributed by atoms with Crippen LogP contribution in [0, 0.1) is 18.6 Å². The number of anilines is 1. The van der Waals surface area contributed by atoms with Crippen molar-refractivity contribution in [2.45, 2.75) is 11.8 Å². The third-order valence-corrected chi connectivity index (χ3v) is 5.54. The number of hydrogen-bond donors (Lipinski definition) is 2. The fraction of sp³-hybridized carbons (Fsp3) is 0.0526. The molecule has 2 aromatic heterocycles. The number of fused-ring (bicyclic) bond motifs is 1. The van der Waals surface area contributed by atoms with Gasteiger partial charge < -0.3 is 4.98 Å². The van der Waals surface area contributed by atoms with Crippen LogP contribution in [-0.4, -0.2) is 23.4 Å². The largest absolute Gasteiger partial charge is 0.343 e. The molecule has 0 aliphatic heterocycles. The Morgan fingerprint density at radius 1 is 1.00 bits per heavy atom. The minimum absolute atomic E-state index is 0.159. The van der Waals surface area contributed by atoms with Crippen molar-refractivity contribution in [1.82, 2.24) is 15.0 Å². The van der Waals surface area contributed by atoms with Gasteiger partial charge in [0.25, 0.3) is 10.0 Å². The maximum atomic E-state index is 14.8. The second-order valence-corrected chi connectivity index (χ2v) is 7.87.